The highest BCUT2D eigenvalue weighted by Crippen LogP contribution is 2.37. The number of aromatic nitrogens is 4. The molecule has 0 amide bonds. The minimum absolute atomic E-state index is 0.137. The van der Waals surface area contributed by atoms with Gasteiger partial charge in [-0.05, 0) is 37.1 Å². The fraction of sp³-hybridized carbons (Fsp3) is 0.269. The summed E-state index contributed by atoms with van der Waals surface area (Å²) in [5, 5.41) is 17.1. The molecule has 38 heavy (non-hydrogen) atoms. The van der Waals surface area contributed by atoms with Crippen LogP contribution in [-0.2, 0) is 0 Å². The number of β-amino-alcohol motifs (C(OH)–C–C–N with tert-alkyl or cyclic N) is 1. The van der Waals surface area contributed by atoms with Gasteiger partial charge in [-0.15, -0.1) is 0 Å². The van der Waals surface area contributed by atoms with Gasteiger partial charge in [0.1, 0.15) is 28.9 Å². The number of ether oxygens (including phenoxy) is 1. The summed E-state index contributed by atoms with van der Waals surface area (Å²) in [6, 6.07) is 9.45. The van der Waals surface area contributed by atoms with Gasteiger partial charge in [-0.25, -0.2) is 19.0 Å². The molecule has 0 unspecified atom stereocenters. The van der Waals surface area contributed by atoms with Crippen LogP contribution in [0.4, 0.5) is 36.2 Å². The van der Waals surface area contributed by atoms with E-state index in [4.69, 9.17) is 10.5 Å². The van der Waals surface area contributed by atoms with Crippen LogP contribution in [0.15, 0.2) is 55.0 Å². The lowest BCUT2D eigenvalue weighted by Crippen LogP contribution is -2.38. The molecule has 0 radical (unpaired) electrons. The zero-order valence-electron chi connectivity index (χ0n) is 20.5. The Kier molecular flexibility index (Phi) is 7.05. The van der Waals surface area contributed by atoms with Gasteiger partial charge < -0.3 is 25.8 Å². The van der Waals surface area contributed by atoms with Crippen LogP contribution in [0.5, 0.6) is 5.75 Å². The van der Waals surface area contributed by atoms with Crippen molar-refractivity contribution in [3.05, 3.63) is 60.8 Å². The lowest BCUT2D eigenvalue weighted by Gasteiger charge is -2.33. The summed E-state index contributed by atoms with van der Waals surface area (Å²) < 4.78 is 46.9. The lowest BCUT2D eigenvalue weighted by molar-refractivity contribution is 0.0566. The van der Waals surface area contributed by atoms with E-state index in [9.17, 15) is 18.3 Å². The zero-order valence-corrected chi connectivity index (χ0v) is 20.5. The molecule has 4 aromatic rings. The van der Waals surface area contributed by atoms with E-state index in [1.165, 1.54) is 31.6 Å². The van der Waals surface area contributed by atoms with Crippen molar-refractivity contribution in [1.82, 2.24) is 19.7 Å². The monoisotopic (exact) mass is 525 g/mol. The summed E-state index contributed by atoms with van der Waals surface area (Å²) in [5.41, 5.74) is 8.50. The second-order valence-corrected chi connectivity index (χ2v) is 8.89. The Labute approximate surface area is 216 Å². The number of hydrogen-bond acceptors (Lipinski definition) is 8. The molecule has 4 heterocycles. The van der Waals surface area contributed by atoms with Gasteiger partial charge in [-0.3, -0.25) is 0 Å². The summed E-state index contributed by atoms with van der Waals surface area (Å²) in [7, 11) is 1.44. The van der Waals surface area contributed by atoms with Crippen LogP contribution in [0.1, 0.15) is 19.4 Å². The number of hydrogen-bond donors (Lipinski definition) is 3. The quantitative estimate of drug-likeness (QED) is 0.314. The van der Waals surface area contributed by atoms with Crippen molar-refractivity contribution < 1.29 is 23.0 Å². The molecule has 0 bridgehead atoms. The number of anilines is 4. The van der Waals surface area contributed by atoms with E-state index in [-0.39, 0.29) is 16.9 Å². The number of rotatable bonds is 7. The highest BCUT2D eigenvalue weighted by molar-refractivity contribution is 5.82. The molecule has 0 spiro atoms. The molecule has 1 fully saturated rings. The van der Waals surface area contributed by atoms with Crippen molar-refractivity contribution in [3.8, 4) is 28.1 Å². The number of aliphatic hydroxyl groups is 1. The van der Waals surface area contributed by atoms with Gasteiger partial charge in [-0.2, -0.15) is 13.9 Å². The Morgan fingerprint density at radius 2 is 2.03 bits per heavy atom. The molecule has 5 rings (SSSR count). The molecule has 1 aliphatic rings. The Bertz CT molecular complexity index is 1450. The van der Waals surface area contributed by atoms with E-state index in [0.717, 1.165) is 6.42 Å². The highest BCUT2D eigenvalue weighted by atomic mass is 19.3. The van der Waals surface area contributed by atoms with Crippen LogP contribution in [0.25, 0.3) is 22.4 Å². The van der Waals surface area contributed by atoms with Crippen molar-refractivity contribution in [3.63, 3.8) is 0 Å². The summed E-state index contributed by atoms with van der Waals surface area (Å²) in [6.07, 6.45) is 5.12. The standard InChI is InChI=1S/C26H26F3N7O2/c1-38-21-6-2-5-18(27)24(21)25-19(30)7-8-22(34-25)33-23-10-20(35-9-3-4-16(37)14-35)17(12-31-23)15-11-32-36(13-15)26(28)29/h2,5-8,10-13,16,26,37H,3-4,9,14,30H2,1H3,(H,31,33,34)/t16-/m0/s1. The van der Waals surface area contributed by atoms with Gasteiger partial charge in [-0.1, -0.05) is 6.07 Å². The summed E-state index contributed by atoms with van der Waals surface area (Å²) in [4.78, 5) is 11.0. The number of methoxy groups -OCH3 is 1. The Balaban J connectivity index is 1.52. The first-order valence-electron chi connectivity index (χ1n) is 12.0. The molecular formula is C26H26F3N7O2. The van der Waals surface area contributed by atoms with Crippen molar-refractivity contribution in [1.29, 1.82) is 0 Å². The first kappa shape index (κ1) is 25.3. The number of halogens is 3. The van der Waals surface area contributed by atoms with Crippen LogP contribution in [0.2, 0.25) is 0 Å². The lowest BCUT2D eigenvalue weighted by atomic mass is 10.0. The van der Waals surface area contributed by atoms with Gasteiger partial charge in [0.15, 0.2) is 0 Å². The summed E-state index contributed by atoms with van der Waals surface area (Å²) in [6.45, 7) is -1.71. The fourth-order valence-electron chi connectivity index (χ4n) is 4.53. The average Bonchev–Trinajstić information content (AvgIpc) is 3.40. The van der Waals surface area contributed by atoms with Crippen LogP contribution >= 0.6 is 0 Å². The number of nitrogens with two attached hydrogens (primary N) is 1. The second kappa shape index (κ2) is 10.6. The van der Waals surface area contributed by atoms with Crippen LogP contribution in [0, 0.1) is 5.82 Å². The first-order valence-corrected chi connectivity index (χ1v) is 12.0. The number of benzene rings is 1. The molecule has 1 aliphatic heterocycles. The number of pyridine rings is 2. The normalized spacial score (nSPS) is 15.6. The number of nitrogens with one attached hydrogen (secondary N) is 1. The maximum absolute atomic E-state index is 14.7. The molecular weight excluding hydrogens is 499 g/mol. The van der Waals surface area contributed by atoms with Gasteiger partial charge in [0.25, 0.3) is 0 Å². The van der Waals surface area contributed by atoms with E-state index in [1.54, 1.807) is 30.5 Å². The van der Waals surface area contributed by atoms with E-state index < -0.39 is 18.5 Å². The predicted molar refractivity (Wildman–Crippen MR) is 138 cm³/mol. The third-order valence-electron chi connectivity index (χ3n) is 6.35. The Hall–Kier alpha value is -4.32. The minimum atomic E-state index is -2.77. The average molecular weight is 526 g/mol. The van der Waals surface area contributed by atoms with Crippen molar-refractivity contribution in [2.75, 3.05) is 36.1 Å². The van der Waals surface area contributed by atoms with E-state index >= 15 is 0 Å². The van der Waals surface area contributed by atoms with E-state index in [0.29, 0.717) is 58.4 Å². The largest absolute Gasteiger partial charge is 0.496 e. The number of alkyl halides is 2. The molecule has 1 atom stereocenters. The maximum atomic E-state index is 14.7. The molecule has 3 aromatic heterocycles. The van der Waals surface area contributed by atoms with Gasteiger partial charge in [0.05, 0.1) is 36.3 Å². The molecule has 1 saturated heterocycles. The highest BCUT2D eigenvalue weighted by Gasteiger charge is 2.23. The van der Waals surface area contributed by atoms with Gasteiger partial charge in [0, 0.05) is 42.7 Å². The summed E-state index contributed by atoms with van der Waals surface area (Å²) >= 11 is 0. The molecule has 198 valence electrons. The van der Waals surface area contributed by atoms with Crippen LogP contribution in [-0.4, -0.2) is 51.2 Å². The van der Waals surface area contributed by atoms with Crippen molar-refractivity contribution >= 4 is 23.0 Å². The molecule has 0 aliphatic carbocycles. The van der Waals surface area contributed by atoms with E-state index in [2.05, 4.69) is 20.4 Å². The molecule has 1 aromatic carbocycles. The number of nitrogens with zero attached hydrogens (tertiary/aromatic N) is 5. The predicted octanol–water partition coefficient (Wildman–Crippen LogP) is 4.84. The first-order chi connectivity index (χ1) is 18.3. The smallest absolute Gasteiger partial charge is 0.333 e. The number of piperidine rings is 1. The van der Waals surface area contributed by atoms with Crippen LogP contribution in [0.3, 0.4) is 0 Å². The Morgan fingerprint density at radius 3 is 2.76 bits per heavy atom. The SMILES string of the molecule is COc1cccc(F)c1-c1nc(Nc2cc(N3CCC[C@H](O)C3)c(-c3cnn(C(F)F)c3)cn2)ccc1N. The second-order valence-electron chi connectivity index (χ2n) is 8.89. The van der Waals surface area contributed by atoms with Crippen molar-refractivity contribution in [2.45, 2.75) is 25.5 Å². The van der Waals surface area contributed by atoms with Gasteiger partial charge >= 0.3 is 6.55 Å². The van der Waals surface area contributed by atoms with Crippen molar-refractivity contribution in [2.24, 2.45) is 0 Å². The third kappa shape index (κ3) is 5.07. The molecule has 4 N–H and O–H groups in total. The Morgan fingerprint density at radius 1 is 1.18 bits per heavy atom. The number of nitrogen functional groups attached to an aromatic ring is 1. The fourth-order valence-corrected chi connectivity index (χ4v) is 4.53. The maximum Gasteiger partial charge on any atom is 0.333 e. The summed E-state index contributed by atoms with van der Waals surface area (Å²) in [5.74, 6) is 0.529. The van der Waals surface area contributed by atoms with Crippen LogP contribution < -0.4 is 20.7 Å². The number of aliphatic hydroxyl groups excluding tert-OH is 1. The molecule has 0 saturated carbocycles. The molecule has 9 nitrogen and oxygen atoms in total. The van der Waals surface area contributed by atoms with E-state index in [1.807, 2.05) is 4.90 Å². The van der Waals surface area contributed by atoms with Gasteiger partial charge in [0.2, 0.25) is 0 Å². The zero-order chi connectivity index (χ0) is 26.8. The minimum Gasteiger partial charge on any atom is -0.496 e. The molecule has 12 heteroatoms. The topological polar surface area (TPSA) is 114 Å². The third-order valence-corrected chi connectivity index (χ3v) is 6.35.